The predicted octanol–water partition coefficient (Wildman–Crippen LogP) is 3.68. The molecule has 0 bridgehead atoms. The van der Waals surface area contributed by atoms with Crippen molar-refractivity contribution in [3.8, 4) is 17.6 Å². The Morgan fingerprint density at radius 1 is 1.23 bits per heavy atom. The van der Waals surface area contributed by atoms with Crippen LogP contribution in [0.15, 0.2) is 42.5 Å². The van der Waals surface area contributed by atoms with Crippen LogP contribution in [0.4, 0.5) is 24.5 Å². The SMILES string of the molecule is CO.COc1cc(C=O)ccc1NCC#Cc1cc2c(N)cccc2n1CC(F)(F)F. The second-order valence-corrected chi connectivity index (χ2v) is 6.24. The largest absolute Gasteiger partial charge is 0.495 e. The molecule has 9 heteroatoms. The van der Waals surface area contributed by atoms with Crippen molar-refractivity contribution >= 4 is 28.6 Å². The van der Waals surface area contributed by atoms with Crippen molar-refractivity contribution in [3.63, 3.8) is 0 Å². The smallest absolute Gasteiger partial charge is 0.406 e. The molecule has 0 aliphatic carbocycles. The lowest BCUT2D eigenvalue weighted by Crippen LogP contribution is -2.18. The van der Waals surface area contributed by atoms with Crippen LogP contribution in [0, 0.1) is 11.8 Å². The highest BCUT2D eigenvalue weighted by molar-refractivity contribution is 5.92. The minimum atomic E-state index is -4.39. The Bertz CT molecular complexity index is 1110. The van der Waals surface area contributed by atoms with Crippen molar-refractivity contribution < 1.29 is 27.8 Å². The van der Waals surface area contributed by atoms with Gasteiger partial charge in [-0.2, -0.15) is 13.2 Å². The van der Waals surface area contributed by atoms with Gasteiger partial charge in [0.2, 0.25) is 0 Å². The molecule has 1 aromatic heterocycles. The number of nitrogens with zero attached hydrogens (tertiary/aromatic N) is 1. The third-order valence-electron chi connectivity index (χ3n) is 4.26. The number of aromatic nitrogens is 1. The van der Waals surface area contributed by atoms with Gasteiger partial charge in [-0.1, -0.05) is 12.0 Å². The number of nitrogens with one attached hydrogen (secondary N) is 1. The van der Waals surface area contributed by atoms with Crippen LogP contribution in [0.3, 0.4) is 0 Å². The third-order valence-corrected chi connectivity index (χ3v) is 4.26. The number of carbonyl (C=O) groups is 1. The van der Waals surface area contributed by atoms with Gasteiger partial charge in [-0.15, -0.1) is 0 Å². The van der Waals surface area contributed by atoms with E-state index in [1.165, 1.54) is 7.11 Å². The number of benzene rings is 2. The molecule has 164 valence electrons. The summed E-state index contributed by atoms with van der Waals surface area (Å²) in [5.41, 5.74) is 7.97. The molecule has 31 heavy (non-hydrogen) atoms. The van der Waals surface area contributed by atoms with Gasteiger partial charge in [0.25, 0.3) is 0 Å². The van der Waals surface area contributed by atoms with Gasteiger partial charge in [-0.25, -0.2) is 0 Å². The van der Waals surface area contributed by atoms with Gasteiger partial charge >= 0.3 is 6.18 Å². The van der Waals surface area contributed by atoms with Gasteiger partial charge in [-0.05, 0) is 42.3 Å². The standard InChI is InChI=1S/C21H18F3N3O2.CH4O/c1-29-20-10-14(12-28)7-8-18(20)26-9-3-4-15-11-16-17(25)5-2-6-19(16)27(15)13-21(22,23)24;1-2/h2,5-8,10-12,26H,9,13,25H2,1H3;2H,1H3. The van der Waals surface area contributed by atoms with E-state index in [1.54, 1.807) is 42.5 Å². The number of hydrogen-bond donors (Lipinski definition) is 3. The molecular formula is C22H22F3N3O3. The first kappa shape index (κ1) is 23.6. The van der Waals surface area contributed by atoms with E-state index in [1.807, 2.05) is 0 Å². The lowest BCUT2D eigenvalue weighted by atomic mass is 10.2. The second kappa shape index (κ2) is 10.4. The quantitative estimate of drug-likeness (QED) is 0.325. The van der Waals surface area contributed by atoms with Crippen molar-refractivity contribution in [2.24, 2.45) is 0 Å². The van der Waals surface area contributed by atoms with E-state index in [0.29, 0.717) is 39.9 Å². The monoisotopic (exact) mass is 433 g/mol. The molecule has 3 aromatic rings. The van der Waals surface area contributed by atoms with Crippen LogP contribution in [0.2, 0.25) is 0 Å². The lowest BCUT2D eigenvalue weighted by Gasteiger charge is -2.11. The minimum Gasteiger partial charge on any atom is -0.495 e. The number of alkyl halides is 3. The Kier molecular flexibility index (Phi) is 7.94. The lowest BCUT2D eigenvalue weighted by molar-refractivity contribution is -0.140. The van der Waals surface area contributed by atoms with E-state index < -0.39 is 12.7 Å². The molecule has 0 fully saturated rings. The number of fused-ring (bicyclic) bond motifs is 1. The molecule has 0 saturated heterocycles. The number of aliphatic hydroxyl groups excluding tert-OH is 1. The number of nitrogens with two attached hydrogens (primary N) is 1. The highest BCUT2D eigenvalue weighted by atomic mass is 19.4. The predicted molar refractivity (Wildman–Crippen MR) is 114 cm³/mol. The Balaban J connectivity index is 0.00000166. The molecule has 2 aromatic carbocycles. The summed E-state index contributed by atoms with van der Waals surface area (Å²) >= 11 is 0. The minimum absolute atomic E-state index is 0.166. The highest BCUT2D eigenvalue weighted by Crippen LogP contribution is 2.28. The summed E-state index contributed by atoms with van der Waals surface area (Å²) < 4.78 is 45.4. The second-order valence-electron chi connectivity index (χ2n) is 6.24. The van der Waals surface area contributed by atoms with Crippen molar-refractivity contribution in [1.29, 1.82) is 0 Å². The topological polar surface area (TPSA) is 89.5 Å². The molecule has 0 amide bonds. The summed E-state index contributed by atoms with van der Waals surface area (Å²) in [6.45, 7) is -0.988. The van der Waals surface area contributed by atoms with Gasteiger partial charge in [0, 0.05) is 23.7 Å². The number of hydrogen-bond acceptors (Lipinski definition) is 5. The number of ether oxygens (including phenoxy) is 1. The first-order chi connectivity index (χ1) is 14.8. The molecule has 0 aliphatic rings. The van der Waals surface area contributed by atoms with Crippen LogP contribution >= 0.6 is 0 Å². The number of aliphatic hydroxyl groups is 1. The highest BCUT2D eigenvalue weighted by Gasteiger charge is 2.29. The number of aldehydes is 1. The average Bonchev–Trinajstić information content (AvgIpc) is 3.10. The maximum atomic E-state index is 13.0. The number of anilines is 2. The van der Waals surface area contributed by atoms with Crippen molar-refractivity contribution in [2.45, 2.75) is 12.7 Å². The van der Waals surface area contributed by atoms with Crippen LogP contribution in [0.5, 0.6) is 5.75 Å². The number of halogens is 3. The third kappa shape index (κ3) is 5.93. The summed E-state index contributed by atoms with van der Waals surface area (Å²) in [6, 6.07) is 11.3. The number of rotatable bonds is 5. The van der Waals surface area contributed by atoms with E-state index in [4.69, 9.17) is 15.6 Å². The Labute approximate surface area is 177 Å². The molecule has 3 rings (SSSR count). The molecule has 0 saturated carbocycles. The maximum Gasteiger partial charge on any atom is 0.406 e. The molecule has 0 spiro atoms. The van der Waals surface area contributed by atoms with Crippen molar-refractivity contribution in [2.75, 3.05) is 31.8 Å². The van der Waals surface area contributed by atoms with E-state index in [9.17, 15) is 18.0 Å². The Morgan fingerprint density at radius 3 is 2.61 bits per heavy atom. The molecule has 0 unspecified atom stereocenters. The molecule has 1 heterocycles. The van der Waals surface area contributed by atoms with Gasteiger partial charge in [0.1, 0.15) is 18.6 Å². The van der Waals surface area contributed by atoms with Crippen molar-refractivity contribution in [1.82, 2.24) is 4.57 Å². The molecule has 0 aliphatic heterocycles. The van der Waals surface area contributed by atoms with Gasteiger partial charge in [-0.3, -0.25) is 4.79 Å². The Hall–Kier alpha value is -3.64. The van der Waals surface area contributed by atoms with E-state index in [2.05, 4.69) is 17.2 Å². The van der Waals surface area contributed by atoms with Gasteiger partial charge < -0.3 is 25.5 Å². The van der Waals surface area contributed by atoms with Gasteiger partial charge in [0.15, 0.2) is 0 Å². The number of nitrogen functional groups attached to an aromatic ring is 1. The first-order valence-corrected chi connectivity index (χ1v) is 9.07. The summed E-state index contributed by atoms with van der Waals surface area (Å²) in [7, 11) is 2.47. The molecule has 0 atom stereocenters. The first-order valence-electron chi connectivity index (χ1n) is 9.07. The molecule has 0 radical (unpaired) electrons. The van der Waals surface area contributed by atoms with Crippen LogP contribution in [-0.4, -0.2) is 42.9 Å². The summed E-state index contributed by atoms with van der Waals surface area (Å²) in [4.78, 5) is 10.8. The maximum absolute atomic E-state index is 13.0. The van der Waals surface area contributed by atoms with Crippen LogP contribution < -0.4 is 15.8 Å². The fourth-order valence-corrected chi connectivity index (χ4v) is 2.96. The average molecular weight is 433 g/mol. The zero-order valence-corrected chi connectivity index (χ0v) is 17.0. The molecule has 4 N–H and O–H groups in total. The zero-order chi connectivity index (χ0) is 23.0. The molecule has 6 nitrogen and oxygen atoms in total. The molecular weight excluding hydrogens is 411 g/mol. The van der Waals surface area contributed by atoms with Gasteiger partial charge in [0.05, 0.1) is 30.6 Å². The Morgan fingerprint density at radius 2 is 1.97 bits per heavy atom. The number of methoxy groups -OCH3 is 1. The summed E-state index contributed by atoms with van der Waals surface area (Å²) in [5.74, 6) is 6.07. The number of carbonyl (C=O) groups excluding carboxylic acids is 1. The summed E-state index contributed by atoms with van der Waals surface area (Å²) in [6.07, 6.45) is -3.68. The van der Waals surface area contributed by atoms with Crippen LogP contribution in [0.25, 0.3) is 10.9 Å². The fourth-order valence-electron chi connectivity index (χ4n) is 2.96. The van der Waals surface area contributed by atoms with Crippen molar-refractivity contribution in [3.05, 3.63) is 53.7 Å². The van der Waals surface area contributed by atoms with E-state index in [-0.39, 0.29) is 12.2 Å². The normalized spacial score (nSPS) is 10.5. The van der Waals surface area contributed by atoms with Crippen LogP contribution in [0.1, 0.15) is 16.1 Å². The zero-order valence-electron chi connectivity index (χ0n) is 17.0. The fraction of sp³-hybridized carbons (Fsp3) is 0.227. The van der Waals surface area contributed by atoms with E-state index in [0.717, 1.165) is 11.7 Å². The van der Waals surface area contributed by atoms with Crippen LogP contribution in [-0.2, 0) is 6.54 Å². The summed E-state index contributed by atoms with van der Waals surface area (Å²) in [5, 5.41) is 10.6. The van der Waals surface area contributed by atoms with E-state index >= 15 is 0 Å².